The lowest BCUT2D eigenvalue weighted by molar-refractivity contribution is -0.186. The molecule has 1 aromatic heterocycles. The van der Waals surface area contributed by atoms with Crippen LogP contribution in [0, 0.1) is 5.92 Å². The lowest BCUT2D eigenvalue weighted by atomic mass is 9.96. The van der Waals surface area contributed by atoms with Crippen LogP contribution in [0.25, 0.3) is 0 Å². The lowest BCUT2D eigenvalue weighted by Crippen LogP contribution is -2.46. The average molecular weight is 364 g/mol. The topological polar surface area (TPSA) is 88.3 Å². The molecule has 0 aliphatic carbocycles. The molecule has 0 radical (unpaired) electrons. The largest absolute Gasteiger partial charge is 0.471 e. The van der Waals surface area contributed by atoms with Gasteiger partial charge in [-0.15, -0.1) is 11.3 Å². The molecular formula is C14H19F3N4O2S. The molecule has 1 aliphatic rings. The number of alkyl halides is 3. The SMILES string of the molecule is NCCc1nc(C(=O)NCC2CCN(C(=O)C(F)(F)F)CC2)cs1. The molecule has 2 rings (SSSR count). The number of piperidine rings is 1. The molecule has 1 fully saturated rings. The number of nitrogens with two attached hydrogens (primary N) is 1. The summed E-state index contributed by atoms with van der Waals surface area (Å²) in [6, 6.07) is 0. The first-order chi connectivity index (χ1) is 11.3. The van der Waals surface area contributed by atoms with Gasteiger partial charge in [0, 0.05) is 31.4 Å². The average Bonchev–Trinajstić information content (AvgIpc) is 3.00. The second-order valence-electron chi connectivity index (χ2n) is 5.61. The van der Waals surface area contributed by atoms with Crippen LogP contribution in [0.15, 0.2) is 5.38 Å². The van der Waals surface area contributed by atoms with E-state index < -0.39 is 12.1 Å². The number of aromatic nitrogens is 1. The third-order valence-electron chi connectivity index (χ3n) is 3.84. The van der Waals surface area contributed by atoms with Crippen LogP contribution >= 0.6 is 11.3 Å². The summed E-state index contributed by atoms with van der Waals surface area (Å²) in [5.41, 5.74) is 5.76. The number of rotatable bonds is 5. The van der Waals surface area contributed by atoms with Gasteiger partial charge in [0.2, 0.25) is 0 Å². The van der Waals surface area contributed by atoms with Crippen LogP contribution in [0.1, 0.15) is 28.3 Å². The Morgan fingerprint density at radius 1 is 1.38 bits per heavy atom. The van der Waals surface area contributed by atoms with Crippen molar-refractivity contribution in [2.24, 2.45) is 11.7 Å². The van der Waals surface area contributed by atoms with Crippen LogP contribution in [0.4, 0.5) is 13.2 Å². The van der Waals surface area contributed by atoms with Crippen molar-refractivity contribution in [3.8, 4) is 0 Å². The zero-order valence-corrected chi connectivity index (χ0v) is 13.8. The van der Waals surface area contributed by atoms with Gasteiger partial charge in [-0.2, -0.15) is 13.2 Å². The molecule has 1 saturated heterocycles. The van der Waals surface area contributed by atoms with E-state index in [1.54, 1.807) is 5.38 Å². The van der Waals surface area contributed by atoms with Gasteiger partial charge in [0.15, 0.2) is 0 Å². The summed E-state index contributed by atoms with van der Waals surface area (Å²) in [5, 5.41) is 5.20. The number of hydrogen-bond donors (Lipinski definition) is 2. The molecule has 0 saturated carbocycles. The fraction of sp³-hybridized carbons (Fsp3) is 0.643. The Labute approximate surface area is 141 Å². The molecular weight excluding hydrogens is 345 g/mol. The molecule has 2 heterocycles. The summed E-state index contributed by atoms with van der Waals surface area (Å²) < 4.78 is 37.1. The van der Waals surface area contributed by atoms with E-state index in [2.05, 4.69) is 10.3 Å². The fourth-order valence-corrected chi connectivity index (χ4v) is 3.29. The van der Waals surface area contributed by atoms with Crippen molar-refractivity contribution in [2.75, 3.05) is 26.2 Å². The lowest BCUT2D eigenvalue weighted by Gasteiger charge is -2.32. The summed E-state index contributed by atoms with van der Waals surface area (Å²) >= 11 is 1.37. The second-order valence-corrected chi connectivity index (χ2v) is 6.55. The van der Waals surface area contributed by atoms with Crippen molar-refractivity contribution in [2.45, 2.75) is 25.4 Å². The number of hydrogen-bond acceptors (Lipinski definition) is 5. The first-order valence-corrected chi connectivity index (χ1v) is 8.48. The minimum Gasteiger partial charge on any atom is -0.350 e. The second kappa shape index (κ2) is 7.93. The van der Waals surface area contributed by atoms with Crippen LogP contribution in [-0.4, -0.2) is 54.1 Å². The predicted octanol–water partition coefficient (Wildman–Crippen LogP) is 1.17. The number of nitrogens with one attached hydrogen (secondary N) is 1. The Hall–Kier alpha value is -1.68. The van der Waals surface area contributed by atoms with E-state index in [1.807, 2.05) is 0 Å². The molecule has 0 unspecified atom stereocenters. The quantitative estimate of drug-likeness (QED) is 0.821. The molecule has 0 bridgehead atoms. The molecule has 0 aromatic carbocycles. The van der Waals surface area contributed by atoms with Gasteiger partial charge in [0.05, 0.1) is 5.01 Å². The van der Waals surface area contributed by atoms with E-state index in [9.17, 15) is 22.8 Å². The van der Waals surface area contributed by atoms with E-state index in [-0.39, 0.29) is 24.9 Å². The van der Waals surface area contributed by atoms with E-state index in [1.165, 1.54) is 11.3 Å². The van der Waals surface area contributed by atoms with Gasteiger partial charge in [-0.1, -0.05) is 0 Å². The summed E-state index contributed by atoms with van der Waals surface area (Å²) in [4.78, 5) is 28.1. The highest BCUT2D eigenvalue weighted by Crippen LogP contribution is 2.23. The highest BCUT2D eigenvalue weighted by atomic mass is 32.1. The number of thiazole rings is 1. The van der Waals surface area contributed by atoms with Gasteiger partial charge < -0.3 is 16.0 Å². The zero-order valence-electron chi connectivity index (χ0n) is 12.9. The normalized spacial score (nSPS) is 16.2. The van der Waals surface area contributed by atoms with Crippen molar-refractivity contribution >= 4 is 23.2 Å². The summed E-state index contributed by atoms with van der Waals surface area (Å²) in [7, 11) is 0. The van der Waals surface area contributed by atoms with E-state index in [4.69, 9.17) is 5.73 Å². The molecule has 24 heavy (non-hydrogen) atoms. The van der Waals surface area contributed by atoms with Crippen LogP contribution in [0.5, 0.6) is 0 Å². The molecule has 1 aliphatic heterocycles. The van der Waals surface area contributed by atoms with E-state index in [0.29, 0.717) is 38.0 Å². The third-order valence-corrected chi connectivity index (χ3v) is 4.75. The van der Waals surface area contributed by atoms with E-state index in [0.717, 1.165) is 9.91 Å². The van der Waals surface area contributed by atoms with Crippen molar-refractivity contribution < 1.29 is 22.8 Å². The van der Waals surface area contributed by atoms with Gasteiger partial charge in [-0.25, -0.2) is 4.98 Å². The Balaban J connectivity index is 1.76. The number of nitrogens with zero attached hydrogens (tertiary/aromatic N) is 2. The monoisotopic (exact) mass is 364 g/mol. The number of amides is 2. The minimum atomic E-state index is -4.83. The number of likely N-dealkylation sites (tertiary alicyclic amines) is 1. The third kappa shape index (κ3) is 4.91. The maximum absolute atomic E-state index is 12.4. The van der Waals surface area contributed by atoms with Gasteiger partial charge >= 0.3 is 12.1 Å². The highest BCUT2D eigenvalue weighted by molar-refractivity contribution is 7.09. The van der Waals surface area contributed by atoms with Crippen LogP contribution in [0.2, 0.25) is 0 Å². The summed E-state index contributed by atoms with van der Waals surface area (Å²) in [6.07, 6.45) is -3.36. The Morgan fingerprint density at radius 3 is 2.62 bits per heavy atom. The van der Waals surface area contributed by atoms with Gasteiger partial charge in [-0.05, 0) is 25.3 Å². The minimum absolute atomic E-state index is 0.0494. The first kappa shape index (κ1) is 18.7. The van der Waals surface area contributed by atoms with Crippen LogP contribution in [0.3, 0.4) is 0 Å². The Morgan fingerprint density at radius 2 is 2.04 bits per heavy atom. The van der Waals surface area contributed by atoms with Gasteiger partial charge in [0.25, 0.3) is 5.91 Å². The zero-order chi connectivity index (χ0) is 17.7. The summed E-state index contributed by atoms with van der Waals surface area (Å²) in [5.74, 6) is -2.04. The van der Waals surface area contributed by atoms with Gasteiger partial charge in [-0.3, -0.25) is 9.59 Å². The predicted molar refractivity (Wildman–Crippen MR) is 82.6 cm³/mol. The van der Waals surface area contributed by atoms with Crippen LogP contribution < -0.4 is 11.1 Å². The van der Waals surface area contributed by atoms with Gasteiger partial charge in [0.1, 0.15) is 5.69 Å². The molecule has 3 N–H and O–H groups in total. The molecule has 6 nitrogen and oxygen atoms in total. The van der Waals surface area contributed by atoms with Crippen molar-refractivity contribution in [1.29, 1.82) is 0 Å². The molecule has 1 aromatic rings. The Bertz CT molecular complexity index is 583. The molecule has 10 heteroatoms. The fourth-order valence-electron chi connectivity index (χ4n) is 2.50. The molecule has 0 spiro atoms. The number of carbonyl (C=O) groups is 2. The van der Waals surface area contributed by atoms with E-state index >= 15 is 0 Å². The summed E-state index contributed by atoms with van der Waals surface area (Å²) in [6.45, 7) is 0.923. The molecule has 134 valence electrons. The first-order valence-electron chi connectivity index (χ1n) is 7.60. The molecule has 0 atom stereocenters. The number of halogens is 3. The van der Waals surface area contributed by atoms with Crippen molar-refractivity contribution in [1.82, 2.24) is 15.2 Å². The maximum atomic E-state index is 12.4. The van der Waals surface area contributed by atoms with Crippen molar-refractivity contribution in [3.63, 3.8) is 0 Å². The molecule has 2 amide bonds. The Kier molecular flexibility index (Phi) is 6.16. The number of carbonyl (C=O) groups excluding carboxylic acids is 2. The maximum Gasteiger partial charge on any atom is 0.471 e. The van der Waals surface area contributed by atoms with Crippen molar-refractivity contribution in [3.05, 3.63) is 16.1 Å². The smallest absolute Gasteiger partial charge is 0.350 e. The standard InChI is InChI=1S/C14H19F3N4O2S/c15-14(16,17)13(23)21-5-2-9(3-6-21)7-19-12(22)10-8-24-11(20-10)1-4-18/h8-9H,1-7,18H2,(H,19,22). The van der Waals surface area contributed by atoms with Crippen LogP contribution in [-0.2, 0) is 11.2 Å². The highest BCUT2D eigenvalue weighted by Gasteiger charge is 2.43.